The van der Waals surface area contributed by atoms with Crippen LogP contribution in [0.2, 0.25) is 0 Å². The second-order valence-electron chi connectivity index (χ2n) is 11.1. The van der Waals surface area contributed by atoms with Gasteiger partial charge in [-0.15, -0.1) is 23.1 Å². The summed E-state index contributed by atoms with van der Waals surface area (Å²) in [4.78, 5) is 58.4. The molecule has 6 heterocycles. The van der Waals surface area contributed by atoms with Gasteiger partial charge in [-0.1, -0.05) is 5.16 Å². The summed E-state index contributed by atoms with van der Waals surface area (Å²) in [6.45, 7) is 1.95. The van der Waals surface area contributed by atoms with Gasteiger partial charge in [-0.3, -0.25) is 19.3 Å². The molecule has 4 saturated heterocycles. The molecule has 6 rings (SSSR count). The Labute approximate surface area is 254 Å². The van der Waals surface area contributed by atoms with Gasteiger partial charge in [0.2, 0.25) is 5.91 Å². The van der Waals surface area contributed by atoms with Crippen LogP contribution < -0.4 is 21.7 Å². The minimum atomic E-state index is -1.31. The third kappa shape index (κ3) is 5.39. The normalized spacial score (nSPS) is 31.0. The fraction of sp³-hybridized carbons (Fsp3) is 0.538. The standard InChI is InChI=1S/C26H32N8O7S2/c27-26-30-16(10-43-26)17(32-41)21(36)31-18-23(38)34-19(25(39)40)12(9-42-24(18)34)6-11-3-5-33(22(11)37)13-7-15(29-8-13)20(35)14-2-1-4-28-14/h6,10,13-15,18,20,24,28-29,35,41H,1-5,7-9H2,(H2,27,30)(H,31,36)(H,39,40)/t13?,14?,15?,18-,20?,24-/m1/s1. The molecule has 0 aliphatic carbocycles. The number of anilines is 1. The number of β-lactam (4-membered cyclic amide) rings is 1. The van der Waals surface area contributed by atoms with Crippen molar-refractivity contribution in [2.24, 2.45) is 5.16 Å². The largest absolute Gasteiger partial charge is 0.477 e. The summed E-state index contributed by atoms with van der Waals surface area (Å²) in [5, 5.41) is 43.3. The number of hydrogen-bond donors (Lipinski definition) is 7. The summed E-state index contributed by atoms with van der Waals surface area (Å²) in [6, 6.07) is -1.18. The van der Waals surface area contributed by atoms with Crippen LogP contribution in [0.15, 0.2) is 33.5 Å². The van der Waals surface area contributed by atoms with Crippen LogP contribution in [0.1, 0.15) is 31.4 Å². The van der Waals surface area contributed by atoms with Gasteiger partial charge < -0.3 is 42.0 Å². The minimum Gasteiger partial charge on any atom is -0.477 e. The van der Waals surface area contributed by atoms with E-state index in [0.717, 1.165) is 35.6 Å². The van der Waals surface area contributed by atoms with E-state index in [0.29, 0.717) is 37.1 Å². The number of hydrogen-bond acceptors (Lipinski definition) is 13. The number of likely N-dealkylation sites (tertiary alicyclic amines) is 1. The van der Waals surface area contributed by atoms with E-state index >= 15 is 0 Å². The molecule has 1 aromatic rings. The van der Waals surface area contributed by atoms with E-state index in [1.165, 1.54) is 17.1 Å². The first-order chi connectivity index (χ1) is 20.7. The average molecular weight is 633 g/mol. The number of aliphatic carboxylic acids is 1. The Balaban J connectivity index is 1.13. The smallest absolute Gasteiger partial charge is 0.352 e. The van der Waals surface area contributed by atoms with Crippen molar-refractivity contribution in [1.29, 1.82) is 0 Å². The van der Waals surface area contributed by atoms with Crippen LogP contribution in [-0.4, -0.2) is 121 Å². The number of thiazole rings is 1. The van der Waals surface area contributed by atoms with Crippen LogP contribution in [0.3, 0.4) is 0 Å². The lowest BCUT2D eigenvalue weighted by Gasteiger charge is -2.49. The molecule has 5 aliphatic rings. The summed E-state index contributed by atoms with van der Waals surface area (Å²) in [5.41, 5.74) is 5.81. The predicted octanol–water partition coefficient (Wildman–Crippen LogP) is -1.36. The Hall–Kier alpha value is -3.51. The van der Waals surface area contributed by atoms with Gasteiger partial charge in [-0.2, -0.15) is 0 Å². The van der Waals surface area contributed by atoms with Crippen molar-refractivity contribution in [2.75, 3.05) is 31.1 Å². The van der Waals surface area contributed by atoms with Crippen molar-refractivity contribution in [3.63, 3.8) is 0 Å². The van der Waals surface area contributed by atoms with Crippen LogP contribution in [0.4, 0.5) is 5.13 Å². The Bertz CT molecular complexity index is 1440. The fourth-order valence-corrected chi connectivity index (χ4v) is 8.28. The number of aliphatic hydroxyl groups is 1. The molecule has 4 fully saturated rings. The second kappa shape index (κ2) is 11.9. The lowest BCUT2D eigenvalue weighted by molar-refractivity contribution is -0.150. The number of carboxylic acid groups (broad SMARTS) is 1. The van der Waals surface area contributed by atoms with E-state index in [2.05, 4.69) is 26.1 Å². The molecule has 230 valence electrons. The highest BCUT2D eigenvalue weighted by atomic mass is 32.2. The van der Waals surface area contributed by atoms with Crippen LogP contribution in [0, 0.1) is 0 Å². The van der Waals surface area contributed by atoms with E-state index in [9.17, 15) is 34.6 Å². The summed E-state index contributed by atoms with van der Waals surface area (Å²) < 4.78 is 0. The highest BCUT2D eigenvalue weighted by Crippen LogP contribution is 2.41. The first-order valence-electron chi connectivity index (χ1n) is 14.0. The van der Waals surface area contributed by atoms with Gasteiger partial charge in [-0.25, -0.2) is 9.78 Å². The van der Waals surface area contributed by atoms with Crippen molar-refractivity contribution in [2.45, 2.75) is 61.3 Å². The number of aromatic nitrogens is 1. The molecule has 0 saturated carbocycles. The number of fused-ring (bicyclic) bond motifs is 1. The molecule has 0 aromatic carbocycles. The Morgan fingerprint density at radius 1 is 1.28 bits per heavy atom. The van der Waals surface area contributed by atoms with Crippen LogP contribution >= 0.6 is 23.1 Å². The molecule has 0 spiro atoms. The number of rotatable bonds is 8. The molecule has 0 bridgehead atoms. The summed E-state index contributed by atoms with van der Waals surface area (Å²) in [7, 11) is 0. The molecule has 3 amide bonds. The minimum absolute atomic E-state index is 0.0450. The van der Waals surface area contributed by atoms with E-state index in [4.69, 9.17) is 5.73 Å². The molecule has 15 nitrogen and oxygen atoms in total. The molecule has 4 unspecified atom stereocenters. The van der Waals surface area contributed by atoms with Gasteiger partial charge in [0.15, 0.2) is 10.8 Å². The number of thioether (sulfide) groups is 1. The molecular weight excluding hydrogens is 600 g/mol. The first kappa shape index (κ1) is 29.6. The van der Waals surface area contributed by atoms with Gasteiger partial charge in [0, 0.05) is 47.9 Å². The molecular formula is C26H32N8O7S2. The number of nitrogens with zero attached hydrogens (tertiary/aromatic N) is 4. The van der Waals surface area contributed by atoms with Crippen LogP contribution in [0.25, 0.3) is 0 Å². The molecule has 1 aromatic heterocycles. The van der Waals surface area contributed by atoms with Gasteiger partial charge in [0.25, 0.3) is 11.8 Å². The number of allylic oxidation sites excluding steroid dienone is 1. The van der Waals surface area contributed by atoms with Crippen molar-refractivity contribution in [1.82, 2.24) is 30.7 Å². The Kier molecular flexibility index (Phi) is 8.16. The zero-order valence-corrected chi connectivity index (χ0v) is 24.6. The Morgan fingerprint density at radius 3 is 2.77 bits per heavy atom. The maximum absolute atomic E-state index is 13.4. The Morgan fingerprint density at radius 2 is 2.09 bits per heavy atom. The van der Waals surface area contributed by atoms with Crippen molar-refractivity contribution in [3.05, 3.63) is 34.0 Å². The third-order valence-electron chi connectivity index (χ3n) is 8.58. The van der Waals surface area contributed by atoms with Gasteiger partial charge in [-0.05, 0) is 43.9 Å². The number of amides is 3. The number of nitrogens with one attached hydrogen (secondary N) is 3. The lowest BCUT2D eigenvalue weighted by atomic mass is 9.99. The van der Waals surface area contributed by atoms with Crippen LogP contribution in [-0.2, 0) is 19.2 Å². The van der Waals surface area contributed by atoms with Crippen molar-refractivity contribution >= 4 is 57.6 Å². The maximum Gasteiger partial charge on any atom is 0.352 e. The molecule has 6 atom stereocenters. The molecule has 5 aliphatic heterocycles. The van der Waals surface area contributed by atoms with E-state index < -0.39 is 41.0 Å². The van der Waals surface area contributed by atoms with Gasteiger partial charge >= 0.3 is 5.97 Å². The van der Waals surface area contributed by atoms with E-state index in [1.807, 2.05) is 0 Å². The zero-order chi connectivity index (χ0) is 30.4. The average Bonchev–Trinajstić information content (AvgIpc) is 3.81. The number of oxime groups is 1. The SMILES string of the molecule is Nc1nc(C(=NO)C(=O)N[C@@H]2C(=O)N3C(C(=O)O)=C(C=C4CCN(C5CNC(C(O)C6CCCN6)C5)C4=O)CS[C@H]23)cs1. The van der Waals surface area contributed by atoms with Crippen LogP contribution in [0.5, 0.6) is 0 Å². The third-order valence-corrected chi connectivity index (χ3v) is 10.6. The highest BCUT2D eigenvalue weighted by molar-refractivity contribution is 8.00. The second-order valence-corrected chi connectivity index (χ2v) is 13.1. The van der Waals surface area contributed by atoms with E-state index in [-0.39, 0.29) is 46.3 Å². The number of nitrogens with two attached hydrogens (primary N) is 1. The quantitative estimate of drug-likeness (QED) is 0.0581. The van der Waals surface area contributed by atoms with Crippen molar-refractivity contribution < 1.29 is 34.6 Å². The number of carbonyl (C=O) groups excluding carboxylic acids is 3. The van der Waals surface area contributed by atoms with E-state index in [1.54, 1.807) is 11.0 Å². The number of carboxylic acids is 1. The number of nitrogen functional groups attached to an aromatic ring is 1. The fourth-order valence-electron chi connectivity index (χ4n) is 6.43. The number of aliphatic hydroxyl groups excluding tert-OH is 1. The zero-order valence-electron chi connectivity index (χ0n) is 22.9. The lowest BCUT2D eigenvalue weighted by Crippen LogP contribution is -2.71. The monoisotopic (exact) mass is 632 g/mol. The van der Waals surface area contributed by atoms with Gasteiger partial charge in [0.1, 0.15) is 22.8 Å². The molecule has 17 heteroatoms. The maximum atomic E-state index is 13.4. The first-order valence-corrected chi connectivity index (χ1v) is 15.9. The summed E-state index contributed by atoms with van der Waals surface area (Å²) in [5.74, 6) is -2.77. The van der Waals surface area contributed by atoms with Crippen molar-refractivity contribution in [3.8, 4) is 0 Å². The number of carbonyl (C=O) groups is 4. The summed E-state index contributed by atoms with van der Waals surface area (Å²) >= 11 is 2.31. The molecule has 8 N–H and O–H groups in total. The predicted molar refractivity (Wildman–Crippen MR) is 156 cm³/mol. The topological polar surface area (TPSA) is 223 Å². The van der Waals surface area contributed by atoms with Gasteiger partial charge in [0.05, 0.1) is 6.10 Å². The highest BCUT2D eigenvalue weighted by Gasteiger charge is 2.54. The summed E-state index contributed by atoms with van der Waals surface area (Å²) in [6.07, 6.45) is 4.07. The molecule has 43 heavy (non-hydrogen) atoms. The molecule has 0 radical (unpaired) electrons.